The van der Waals surface area contributed by atoms with E-state index in [9.17, 15) is 0 Å². The summed E-state index contributed by atoms with van der Waals surface area (Å²) in [6.07, 6.45) is 0. The molecule has 0 atom stereocenters. The lowest BCUT2D eigenvalue weighted by molar-refractivity contribution is 0.415. The molecule has 0 aliphatic rings. The number of rotatable bonds is 2. The first-order valence-corrected chi connectivity index (χ1v) is 7.02. The summed E-state index contributed by atoms with van der Waals surface area (Å²) in [7, 11) is 1.68. The second-order valence-corrected chi connectivity index (χ2v) is 5.62. The van der Waals surface area contributed by atoms with Gasteiger partial charge in [-0.3, -0.25) is 0 Å². The Bertz CT molecular complexity index is 689. The molecule has 2 nitrogen and oxygen atoms in total. The van der Waals surface area contributed by atoms with Crippen LogP contribution in [0.25, 0.3) is 20.8 Å². The van der Waals surface area contributed by atoms with Crippen LogP contribution in [0, 0.1) is 13.8 Å². The van der Waals surface area contributed by atoms with E-state index in [1.54, 1.807) is 18.4 Å². The maximum atomic E-state index is 5.19. The first-order chi connectivity index (χ1) is 9.19. The van der Waals surface area contributed by atoms with Crippen molar-refractivity contribution in [2.24, 2.45) is 0 Å². The molecule has 3 aromatic rings. The molecule has 0 saturated heterocycles. The number of hydrogen-bond acceptors (Lipinski definition) is 3. The van der Waals surface area contributed by atoms with E-state index in [0.29, 0.717) is 0 Å². The topological polar surface area (TPSA) is 22.1 Å². The second-order valence-electron chi connectivity index (χ2n) is 4.62. The maximum Gasteiger partial charge on any atom is 0.124 e. The Morgan fingerprint density at radius 3 is 2.26 bits per heavy atom. The van der Waals surface area contributed by atoms with E-state index in [1.165, 1.54) is 15.8 Å². The first kappa shape index (κ1) is 12.2. The molecule has 3 rings (SSSR count). The van der Waals surface area contributed by atoms with Gasteiger partial charge in [-0.05, 0) is 49.2 Å². The zero-order valence-electron chi connectivity index (χ0n) is 11.2. The number of hydrogen-bond donors (Lipinski definition) is 0. The smallest absolute Gasteiger partial charge is 0.124 e. The molecule has 19 heavy (non-hydrogen) atoms. The quantitative estimate of drug-likeness (QED) is 0.679. The van der Waals surface area contributed by atoms with Crippen LogP contribution in [0.2, 0.25) is 0 Å². The van der Waals surface area contributed by atoms with E-state index in [1.807, 2.05) is 12.1 Å². The molecule has 0 radical (unpaired) electrons. The van der Waals surface area contributed by atoms with E-state index in [2.05, 4.69) is 38.1 Å². The highest BCUT2D eigenvalue weighted by Crippen LogP contribution is 2.34. The van der Waals surface area contributed by atoms with Crippen molar-refractivity contribution in [3.05, 3.63) is 47.5 Å². The average Bonchev–Trinajstić information content (AvgIpc) is 2.89. The SMILES string of the molecule is COc1ccc(-c2nc3c(C)ccc(C)c3s2)cc1. The summed E-state index contributed by atoms with van der Waals surface area (Å²) in [5, 5.41) is 1.06. The normalized spacial score (nSPS) is 10.9. The van der Waals surface area contributed by atoms with Crippen LogP contribution < -0.4 is 4.74 Å². The van der Waals surface area contributed by atoms with Crippen molar-refractivity contribution in [2.45, 2.75) is 13.8 Å². The van der Waals surface area contributed by atoms with Crippen molar-refractivity contribution in [1.82, 2.24) is 4.98 Å². The van der Waals surface area contributed by atoms with Gasteiger partial charge in [-0.1, -0.05) is 12.1 Å². The highest BCUT2D eigenvalue weighted by Gasteiger charge is 2.10. The molecular formula is C16H15NOS. The van der Waals surface area contributed by atoms with Gasteiger partial charge in [-0.2, -0.15) is 0 Å². The summed E-state index contributed by atoms with van der Waals surface area (Å²) in [6.45, 7) is 4.25. The van der Waals surface area contributed by atoms with Gasteiger partial charge in [0.2, 0.25) is 0 Å². The van der Waals surface area contributed by atoms with E-state index < -0.39 is 0 Å². The molecule has 0 amide bonds. The molecule has 0 fully saturated rings. The molecule has 0 aliphatic heterocycles. The van der Waals surface area contributed by atoms with E-state index in [0.717, 1.165) is 21.8 Å². The van der Waals surface area contributed by atoms with Gasteiger partial charge in [0, 0.05) is 5.56 Å². The van der Waals surface area contributed by atoms with Crippen molar-refractivity contribution in [3.8, 4) is 16.3 Å². The van der Waals surface area contributed by atoms with Crippen molar-refractivity contribution in [2.75, 3.05) is 7.11 Å². The Morgan fingerprint density at radius 2 is 1.63 bits per heavy atom. The van der Waals surface area contributed by atoms with Gasteiger partial charge >= 0.3 is 0 Å². The molecule has 3 heteroatoms. The van der Waals surface area contributed by atoms with Crippen LogP contribution in [-0.4, -0.2) is 12.1 Å². The van der Waals surface area contributed by atoms with Gasteiger partial charge in [0.15, 0.2) is 0 Å². The summed E-state index contributed by atoms with van der Waals surface area (Å²) in [5.74, 6) is 0.872. The van der Waals surface area contributed by atoms with Gasteiger partial charge in [0.25, 0.3) is 0 Å². The molecule has 0 unspecified atom stereocenters. The fraction of sp³-hybridized carbons (Fsp3) is 0.188. The van der Waals surface area contributed by atoms with E-state index in [4.69, 9.17) is 9.72 Å². The molecule has 1 heterocycles. The van der Waals surface area contributed by atoms with Crippen LogP contribution in [0.3, 0.4) is 0 Å². The Balaban J connectivity index is 2.14. The van der Waals surface area contributed by atoms with Gasteiger partial charge < -0.3 is 4.74 Å². The van der Waals surface area contributed by atoms with Crippen LogP contribution in [0.15, 0.2) is 36.4 Å². The number of methoxy groups -OCH3 is 1. The average molecular weight is 269 g/mol. The van der Waals surface area contributed by atoms with Gasteiger partial charge in [0.05, 0.1) is 17.3 Å². The Kier molecular flexibility index (Phi) is 2.99. The summed E-state index contributed by atoms with van der Waals surface area (Å²) >= 11 is 1.75. The lowest BCUT2D eigenvalue weighted by atomic mass is 10.1. The molecule has 0 N–H and O–H groups in total. The zero-order valence-corrected chi connectivity index (χ0v) is 12.0. The van der Waals surface area contributed by atoms with Crippen LogP contribution in [0.4, 0.5) is 0 Å². The van der Waals surface area contributed by atoms with Crippen molar-refractivity contribution in [3.63, 3.8) is 0 Å². The molecule has 1 aromatic heterocycles. The predicted octanol–water partition coefficient (Wildman–Crippen LogP) is 4.59. The van der Waals surface area contributed by atoms with Crippen LogP contribution in [0.1, 0.15) is 11.1 Å². The number of benzene rings is 2. The minimum Gasteiger partial charge on any atom is -0.497 e. The molecular weight excluding hydrogens is 254 g/mol. The summed E-state index contributed by atoms with van der Waals surface area (Å²) < 4.78 is 6.47. The number of aryl methyl sites for hydroxylation is 2. The van der Waals surface area contributed by atoms with Crippen molar-refractivity contribution >= 4 is 21.6 Å². The minimum absolute atomic E-state index is 0.872. The monoisotopic (exact) mass is 269 g/mol. The predicted molar refractivity (Wildman–Crippen MR) is 81.1 cm³/mol. The van der Waals surface area contributed by atoms with Crippen molar-refractivity contribution < 1.29 is 4.74 Å². The Labute approximate surface area is 116 Å². The third-order valence-corrected chi connectivity index (χ3v) is 4.52. The van der Waals surface area contributed by atoms with Crippen molar-refractivity contribution in [1.29, 1.82) is 0 Å². The number of thiazole rings is 1. The molecule has 0 aliphatic carbocycles. The molecule has 0 bridgehead atoms. The number of nitrogens with zero attached hydrogens (tertiary/aromatic N) is 1. The molecule has 96 valence electrons. The fourth-order valence-corrected chi connectivity index (χ4v) is 3.23. The van der Waals surface area contributed by atoms with Gasteiger partial charge in [0.1, 0.15) is 10.8 Å². The number of fused-ring (bicyclic) bond motifs is 1. The standard InChI is InChI=1S/C16H15NOS/c1-10-4-5-11(2)15-14(10)17-16(19-15)12-6-8-13(18-3)9-7-12/h4-9H,1-3H3. The van der Waals surface area contributed by atoms with E-state index >= 15 is 0 Å². The third-order valence-electron chi connectivity index (χ3n) is 3.28. The summed E-state index contributed by atoms with van der Waals surface area (Å²) in [5.41, 5.74) is 4.78. The Hall–Kier alpha value is -1.87. The summed E-state index contributed by atoms with van der Waals surface area (Å²) in [4.78, 5) is 4.78. The highest BCUT2D eigenvalue weighted by atomic mass is 32.1. The van der Waals surface area contributed by atoms with E-state index in [-0.39, 0.29) is 0 Å². The molecule has 0 saturated carbocycles. The lowest BCUT2D eigenvalue weighted by Crippen LogP contribution is -1.82. The zero-order chi connectivity index (χ0) is 13.4. The largest absolute Gasteiger partial charge is 0.497 e. The number of ether oxygens (including phenoxy) is 1. The van der Waals surface area contributed by atoms with Crippen LogP contribution in [-0.2, 0) is 0 Å². The summed E-state index contributed by atoms with van der Waals surface area (Å²) in [6, 6.07) is 12.4. The fourth-order valence-electron chi connectivity index (χ4n) is 2.12. The first-order valence-electron chi connectivity index (χ1n) is 6.20. The van der Waals surface area contributed by atoms with Crippen LogP contribution >= 0.6 is 11.3 Å². The number of aromatic nitrogens is 1. The molecule has 0 spiro atoms. The maximum absolute atomic E-state index is 5.19. The van der Waals surface area contributed by atoms with Gasteiger partial charge in [-0.15, -0.1) is 11.3 Å². The minimum atomic E-state index is 0.872. The second kappa shape index (κ2) is 4.67. The van der Waals surface area contributed by atoms with Gasteiger partial charge in [-0.25, -0.2) is 4.98 Å². The Morgan fingerprint density at radius 1 is 0.947 bits per heavy atom. The highest BCUT2D eigenvalue weighted by molar-refractivity contribution is 7.21. The van der Waals surface area contributed by atoms with Crippen LogP contribution in [0.5, 0.6) is 5.75 Å². The molecule has 2 aromatic carbocycles. The third kappa shape index (κ3) is 2.10. The lowest BCUT2D eigenvalue weighted by Gasteiger charge is -1.99.